The fraction of sp³-hybridized carbons (Fsp3) is 0.188. The van der Waals surface area contributed by atoms with Gasteiger partial charge in [0.2, 0.25) is 0 Å². The van der Waals surface area contributed by atoms with Gasteiger partial charge in [-0.05, 0) is 28.8 Å². The summed E-state index contributed by atoms with van der Waals surface area (Å²) in [5, 5.41) is 1.91. The molecule has 112 valence electrons. The van der Waals surface area contributed by atoms with E-state index < -0.39 is 0 Å². The van der Waals surface area contributed by atoms with Gasteiger partial charge < -0.3 is 0 Å². The van der Waals surface area contributed by atoms with E-state index >= 15 is 0 Å². The molecular weight excluding hydrogens is 316 g/mol. The van der Waals surface area contributed by atoms with Crippen LogP contribution in [0.3, 0.4) is 0 Å². The molecule has 0 bridgehead atoms. The number of hydrogen-bond acceptors (Lipinski definition) is 5. The first kappa shape index (κ1) is 15.0. The lowest BCUT2D eigenvalue weighted by molar-refractivity contribution is -0.137. The third kappa shape index (κ3) is 2.71. The van der Waals surface area contributed by atoms with Gasteiger partial charge >= 0.3 is 0 Å². The highest BCUT2D eigenvalue weighted by Gasteiger charge is 2.39. The average molecular weight is 330 g/mol. The van der Waals surface area contributed by atoms with Crippen LogP contribution in [0.2, 0.25) is 0 Å². The molecule has 3 heterocycles. The lowest BCUT2D eigenvalue weighted by Crippen LogP contribution is -2.30. The van der Waals surface area contributed by atoms with Crippen LogP contribution in [0.25, 0.3) is 5.57 Å². The number of nitrogens with zero attached hydrogens (tertiary/aromatic N) is 2. The van der Waals surface area contributed by atoms with Gasteiger partial charge in [0, 0.05) is 17.3 Å². The van der Waals surface area contributed by atoms with Crippen LogP contribution in [0, 0.1) is 0 Å². The summed E-state index contributed by atoms with van der Waals surface area (Å²) in [6.07, 6.45) is 3.35. The Kier molecular flexibility index (Phi) is 4.40. The van der Waals surface area contributed by atoms with Crippen molar-refractivity contribution in [2.75, 3.05) is 5.75 Å². The van der Waals surface area contributed by atoms with E-state index in [1.54, 1.807) is 18.5 Å². The molecule has 0 atom stereocenters. The fourth-order valence-electron chi connectivity index (χ4n) is 2.29. The average Bonchev–Trinajstić information content (AvgIpc) is 3.12. The van der Waals surface area contributed by atoms with E-state index in [9.17, 15) is 9.59 Å². The molecule has 0 saturated heterocycles. The van der Waals surface area contributed by atoms with Crippen molar-refractivity contribution >= 4 is 40.5 Å². The van der Waals surface area contributed by atoms with Gasteiger partial charge in [0.15, 0.2) is 0 Å². The van der Waals surface area contributed by atoms with Gasteiger partial charge in [-0.15, -0.1) is 23.1 Å². The first-order chi connectivity index (χ1) is 10.7. The second-order valence-electron chi connectivity index (χ2n) is 4.67. The summed E-state index contributed by atoms with van der Waals surface area (Å²) in [6.45, 7) is 2.24. The molecule has 22 heavy (non-hydrogen) atoms. The van der Waals surface area contributed by atoms with Crippen molar-refractivity contribution in [2.45, 2.75) is 13.5 Å². The summed E-state index contributed by atoms with van der Waals surface area (Å²) in [7, 11) is 0. The third-order valence-corrected chi connectivity index (χ3v) is 5.09. The number of hydrogen-bond donors (Lipinski definition) is 0. The largest absolute Gasteiger partial charge is 0.269 e. The number of rotatable bonds is 5. The Bertz CT molecular complexity index is 724. The second-order valence-corrected chi connectivity index (χ2v) is 6.89. The quantitative estimate of drug-likeness (QED) is 0.790. The van der Waals surface area contributed by atoms with Gasteiger partial charge in [0.1, 0.15) is 0 Å². The van der Waals surface area contributed by atoms with E-state index in [4.69, 9.17) is 0 Å². The highest BCUT2D eigenvalue weighted by Crippen LogP contribution is 2.38. The molecule has 3 rings (SSSR count). The number of aromatic nitrogens is 1. The van der Waals surface area contributed by atoms with Gasteiger partial charge in [-0.2, -0.15) is 0 Å². The standard InChI is InChI=1S/C16H14N2O2S2/c1-2-21-14-13(12-6-4-8-22-12)15(19)18(16(14)20)10-11-5-3-7-17-9-11/h3-9H,2,10H2,1H3. The molecule has 1 aliphatic heterocycles. The molecule has 0 spiro atoms. The number of carbonyl (C=O) groups is 2. The second kappa shape index (κ2) is 6.46. The molecule has 6 heteroatoms. The molecular formula is C16H14N2O2S2. The summed E-state index contributed by atoms with van der Waals surface area (Å²) < 4.78 is 0. The van der Waals surface area contributed by atoms with Gasteiger partial charge in [-0.3, -0.25) is 19.5 Å². The van der Waals surface area contributed by atoms with Crippen LogP contribution in [-0.2, 0) is 16.1 Å². The van der Waals surface area contributed by atoms with Crippen LogP contribution in [0.1, 0.15) is 17.4 Å². The molecule has 0 unspecified atom stereocenters. The summed E-state index contributed by atoms with van der Waals surface area (Å²) in [4.78, 5) is 32.1. The number of pyridine rings is 1. The van der Waals surface area contributed by atoms with E-state index in [0.717, 1.165) is 16.2 Å². The molecule has 0 aliphatic carbocycles. The molecule has 4 nitrogen and oxygen atoms in total. The van der Waals surface area contributed by atoms with Crippen molar-refractivity contribution in [2.24, 2.45) is 0 Å². The first-order valence-electron chi connectivity index (χ1n) is 6.88. The number of thiophene rings is 1. The lowest BCUT2D eigenvalue weighted by atomic mass is 10.2. The Morgan fingerprint density at radius 3 is 2.73 bits per heavy atom. The molecule has 0 fully saturated rings. The van der Waals surface area contributed by atoms with Crippen molar-refractivity contribution in [1.29, 1.82) is 0 Å². The Hall–Kier alpha value is -1.92. The molecule has 2 aromatic rings. The number of amides is 2. The van der Waals surface area contributed by atoms with Crippen molar-refractivity contribution in [3.05, 3.63) is 57.4 Å². The van der Waals surface area contributed by atoms with Gasteiger partial charge in [0.25, 0.3) is 11.8 Å². The normalized spacial score (nSPS) is 15.0. The van der Waals surface area contributed by atoms with Crippen molar-refractivity contribution in [1.82, 2.24) is 9.88 Å². The third-order valence-electron chi connectivity index (χ3n) is 3.25. The predicted molar refractivity (Wildman–Crippen MR) is 89.2 cm³/mol. The summed E-state index contributed by atoms with van der Waals surface area (Å²) in [5.74, 6) is 0.334. The SMILES string of the molecule is CCSC1=C(c2cccs2)C(=O)N(Cc2cccnc2)C1=O. The van der Waals surface area contributed by atoms with Crippen LogP contribution in [0.5, 0.6) is 0 Å². The van der Waals surface area contributed by atoms with Crippen LogP contribution in [-0.4, -0.2) is 27.5 Å². The van der Waals surface area contributed by atoms with Crippen LogP contribution in [0.4, 0.5) is 0 Å². The molecule has 0 N–H and O–H groups in total. The Morgan fingerprint density at radius 1 is 1.23 bits per heavy atom. The lowest BCUT2D eigenvalue weighted by Gasteiger charge is -2.14. The number of thioether (sulfide) groups is 1. The zero-order valence-corrected chi connectivity index (χ0v) is 13.6. The van der Waals surface area contributed by atoms with Gasteiger partial charge in [-0.25, -0.2) is 0 Å². The van der Waals surface area contributed by atoms with Gasteiger partial charge in [-0.1, -0.05) is 19.1 Å². The smallest absolute Gasteiger partial charge is 0.268 e. The number of carbonyl (C=O) groups excluding carboxylic acids is 2. The topological polar surface area (TPSA) is 50.3 Å². The van der Waals surface area contributed by atoms with E-state index in [1.807, 2.05) is 30.5 Å². The van der Waals surface area contributed by atoms with Gasteiger partial charge in [0.05, 0.1) is 17.0 Å². The fourth-order valence-corrected chi connectivity index (χ4v) is 3.98. The van der Waals surface area contributed by atoms with Crippen LogP contribution in [0.15, 0.2) is 46.9 Å². The van der Waals surface area contributed by atoms with E-state index in [2.05, 4.69) is 4.98 Å². The van der Waals surface area contributed by atoms with E-state index in [1.165, 1.54) is 28.0 Å². The highest BCUT2D eigenvalue weighted by molar-refractivity contribution is 8.04. The minimum atomic E-state index is -0.216. The molecule has 1 aliphatic rings. The van der Waals surface area contributed by atoms with Crippen LogP contribution >= 0.6 is 23.1 Å². The molecule has 2 amide bonds. The summed E-state index contributed by atoms with van der Waals surface area (Å²) in [6, 6.07) is 7.44. The van der Waals surface area contributed by atoms with Crippen molar-refractivity contribution in [3.8, 4) is 0 Å². The Balaban J connectivity index is 1.94. The number of imide groups is 1. The molecule has 2 aromatic heterocycles. The summed E-state index contributed by atoms with van der Waals surface area (Å²) in [5.41, 5.74) is 1.38. The highest BCUT2D eigenvalue weighted by atomic mass is 32.2. The molecule has 0 radical (unpaired) electrons. The minimum absolute atomic E-state index is 0.205. The maximum absolute atomic E-state index is 12.7. The predicted octanol–water partition coefficient (Wildman–Crippen LogP) is 3.18. The monoisotopic (exact) mass is 330 g/mol. The Labute approximate surface area is 136 Å². The first-order valence-corrected chi connectivity index (χ1v) is 8.75. The zero-order valence-electron chi connectivity index (χ0n) is 12.0. The Morgan fingerprint density at radius 2 is 2.09 bits per heavy atom. The molecule has 0 aromatic carbocycles. The van der Waals surface area contributed by atoms with Crippen molar-refractivity contribution in [3.63, 3.8) is 0 Å². The van der Waals surface area contributed by atoms with E-state index in [0.29, 0.717) is 10.5 Å². The minimum Gasteiger partial charge on any atom is -0.269 e. The maximum Gasteiger partial charge on any atom is 0.268 e. The zero-order chi connectivity index (χ0) is 15.5. The van der Waals surface area contributed by atoms with Crippen LogP contribution < -0.4 is 0 Å². The van der Waals surface area contributed by atoms with E-state index in [-0.39, 0.29) is 18.4 Å². The maximum atomic E-state index is 12.7. The molecule has 0 saturated carbocycles. The van der Waals surface area contributed by atoms with Crippen molar-refractivity contribution < 1.29 is 9.59 Å². The summed E-state index contributed by atoms with van der Waals surface area (Å²) >= 11 is 2.91.